The Morgan fingerprint density at radius 2 is 2.23 bits per heavy atom. The largest absolute Gasteiger partial charge is 0.354 e. The molecule has 2 unspecified atom stereocenters. The molecule has 0 spiro atoms. The van der Waals surface area contributed by atoms with Gasteiger partial charge in [0, 0.05) is 18.5 Å². The molecule has 2 rings (SSSR count). The Hall–Kier alpha value is -0.370. The molecule has 1 saturated carbocycles. The van der Waals surface area contributed by atoms with Crippen LogP contribution in [0.1, 0.15) is 56.7 Å². The zero-order valence-electron chi connectivity index (χ0n) is 13.9. The van der Waals surface area contributed by atoms with Gasteiger partial charge in [-0.25, -0.2) is 4.98 Å². The highest BCUT2D eigenvalue weighted by atomic mass is 127. The fourth-order valence-corrected chi connectivity index (χ4v) is 3.69. The van der Waals surface area contributed by atoms with Gasteiger partial charge < -0.3 is 10.6 Å². The number of aliphatic imine (C=N–C) groups is 1. The first-order valence-electron chi connectivity index (χ1n) is 8.15. The minimum atomic E-state index is 0. The molecule has 1 fully saturated rings. The SMILES string of the molecule is CCc1nc(CNC(=NC)NC2CCCC(CC)C2)cs1.I. The fraction of sp³-hybridized carbons (Fsp3) is 0.750. The fourth-order valence-electron chi connectivity index (χ4n) is 2.95. The third-order valence-corrected chi connectivity index (χ3v) is 5.31. The van der Waals surface area contributed by atoms with E-state index in [0.29, 0.717) is 6.04 Å². The number of halogens is 1. The molecular formula is C16H29IN4S. The van der Waals surface area contributed by atoms with Crippen molar-refractivity contribution >= 4 is 41.3 Å². The van der Waals surface area contributed by atoms with Crippen molar-refractivity contribution in [1.29, 1.82) is 0 Å². The second kappa shape index (κ2) is 10.4. The van der Waals surface area contributed by atoms with Crippen molar-refractivity contribution in [3.63, 3.8) is 0 Å². The van der Waals surface area contributed by atoms with E-state index in [0.717, 1.165) is 30.5 Å². The minimum absolute atomic E-state index is 0. The van der Waals surface area contributed by atoms with Crippen LogP contribution in [0.5, 0.6) is 0 Å². The van der Waals surface area contributed by atoms with Crippen LogP contribution in [0, 0.1) is 5.92 Å². The Morgan fingerprint density at radius 3 is 2.86 bits per heavy atom. The Morgan fingerprint density at radius 1 is 1.41 bits per heavy atom. The van der Waals surface area contributed by atoms with Crippen LogP contribution < -0.4 is 10.6 Å². The van der Waals surface area contributed by atoms with Crippen LogP contribution in [-0.4, -0.2) is 24.0 Å². The first-order chi connectivity index (χ1) is 10.2. The molecule has 22 heavy (non-hydrogen) atoms. The maximum absolute atomic E-state index is 4.58. The average Bonchev–Trinajstić information content (AvgIpc) is 2.99. The van der Waals surface area contributed by atoms with Gasteiger partial charge in [0.05, 0.1) is 17.2 Å². The molecule has 2 atom stereocenters. The summed E-state index contributed by atoms with van der Waals surface area (Å²) in [6.45, 7) is 5.19. The smallest absolute Gasteiger partial charge is 0.191 e. The summed E-state index contributed by atoms with van der Waals surface area (Å²) in [5.41, 5.74) is 1.11. The summed E-state index contributed by atoms with van der Waals surface area (Å²) in [5.74, 6) is 1.78. The van der Waals surface area contributed by atoms with Gasteiger partial charge in [-0.1, -0.05) is 33.1 Å². The van der Waals surface area contributed by atoms with Crippen LogP contribution in [-0.2, 0) is 13.0 Å². The molecule has 6 heteroatoms. The lowest BCUT2D eigenvalue weighted by Crippen LogP contribution is -2.45. The molecule has 2 N–H and O–H groups in total. The van der Waals surface area contributed by atoms with E-state index in [1.54, 1.807) is 11.3 Å². The number of aromatic nitrogens is 1. The normalized spacial score (nSPS) is 22.0. The topological polar surface area (TPSA) is 49.3 Å². The van der Waals surface area contributed by atoms with Gasteiger partial charge in [-0.3, -0.25) is 4.99 Å². The third kappa shape index (κ3) is 6.02. The van der Waals surface area contributed by atoms with Crippen molar-refractivity contribution < 1.29 is 0 Å². The molecule has 1 aromatic rings. The second-order valence-electron chi connectivity index (χ2n) is 5.79. The molecule has 0 amide bonds. The van der Waals surface area contributed by atoms with Crippen molar-refractivity contribution in [1.82, 2.24) is 15.6 Å². The predicted octanol–water partition coefficient (Wildman–Crippen LogP) is 3.96. The van der Waals surface area contributed by atoms with Crippen LogP contribution in [0.2, 0.25) is 0 Å². The third-order valence-electron chi connectivity index (χ3n) is 4.26. The molecule has 1 aliphatic carbocycles. The second-order valence-corrected chi connectivity index (χ2v) is 6.74. The first-order valence-corrected chi connectivity index (χ1v) is 9.03. The highest BCUT2D eigenvalue weighted by Gasteiger charge is 2.21. The lowest BCUT2D eigenvalue weighted by molar-refractivity contribution is 0.298. The number of nitrogens with zero attached hydrogens (tertiary/aromatic N) is 2. The number of thiazole rings is 1. The van der Waals surface area contributed by atoms with Gasteiger partial charge in [0.25, 0.3) is 0 Å². The summed E-state index contributed by atoms with van der Waals surface area (Å²) in [6.07, 6.45) is 7.56. The van der Waals surface area contributed by atoms with Gasteiger partial charge >= 0.3 is 0 Å². The van der Waals surface area contributed by atoms with Gasteiger partial charge in [0.1, 0.15) is 0 Å². The Bertz CT molecular complexity index is 461. The molecule has 0 bridgehead atoms. The van der Waals surface area contributed by atoms with Crippen LogP contribution in [0.3, 0.4) is 0 Å². The van der Waals surface area contributed by atoms with E-state index in [1.165, 1.54) is 37.1 Å². The van der Waals surface area contributed by atoms with Crippen LogP contribution in [0.25, 0.3) is 0 Å². The monoisotopic (exact) mass is 436 g/mol. The minimum Gasteiger partial charge on any atom is -0.354 e. The molecule has 1 aromatic heterocycles. The van der Waals surface area contributed by atoms with Crippen molar-refractivity contribution in [3.05, 3.63) is 16.1 Å². The molecule has 4 nitrogen and oxygen atoms in total. The molecule has 0 radical (unpaired) electrons. The van der Waals surface area contributed by atoms with Gasteiger partial charge in [-0.2, -0.15) is 0 Å². The van der Waals surface area contributed by atoms with Gasteiger partial charge in [-0.15, -0.1) is 35.3 Å². The van der Waals surface area contributed by atoms with Crippen LogP contribution >= 0.6 is 35.3 Å². The summed E-state index contributed by atoms with van der Waals surface area (Å²) in [4.78, 5) is 8.93. The Balaban J connectivity index is 0.00000242. The van der Waals surface area contributed by atoms with E-state index in [1.807, 2.05) is 7.05 Å². The van der Waals surface area contributed by atoms with E-state index in [4.69, 9.17) is 0 Å². The highest BCUT2D eigenvalue weighted by Crippen LogP contribution is 2.26. The number of hydrogen-bond donors (Lipinski definition) is 2. The van der Waals surface area contributed by atoms with E-state index < -0.39 is 0 Å². The molecular weight excluding hydrogens is 407 g/mol. The van der Waals surface area contributed by atoms with Gasteiger partial charge in [-0.05, 0) is 25.2 Å². The molecule has 1 aliphatic rings. The summed E-state index contributed by atoms with van der Waals surface area (Å²) < 4.78 is 0. The average molecular weight is 436 g/mol. The molecule has 0 aliphatic heterocycles. The number of aryl methyl sites for hydroxylation is 1. The quantitative estimate of drug-likeness (QED) is 0.418. The summed E-state index contributed by atoms with van der Waals surface area (Å²) in [5, 5.41) is 10.3. The van der Waals surface area contributed by atoms with Crippen molar-refractivity contribution in [2.24, 2.45) is 10.9 Å². The Labute approximate surface area is 155 Å². The van der Waals surface area contributed by atoms with Gasteiger partial charge in [0.15, 0.2) is 5.96 Å². The predicted molar refractivity (Wildman–Crippen MR) is 106 cm³/mol. The molecule has 126 valence electrons. The lowest BCUT2D eigenvalue weighted by Gasteiger charge is -2.30. The summed E-state index contributed by atoms with van der Waals surface area (Å²) >= 11 is 1.74. The number of rotatable bonds is 5. The number of hydrogen-bond acceptors (Lipinski definition) is 3. The first kappa shape index (κ1) is 19.7. The lowest BCUT2D eigenvalue weighted by atomic mass is 9.84. The Kier molecular flexibility index (Phi) is 9.31. The highest BCUT2D eigenvalue weighted by molar-refractivity contribution is 14.0. The molecule has 0 saturated heterocycles. The van der Waals surface area contributed by atoms with Crippen molar-refractivity contribution in [2.75, 3.05) is 7.05 Å². The van der Waals surface area contributed by atoms with Gasteiger partial charge in [0.2, 0.25) is 0 Å². The zero-order chi connectivity index (χ0) is 15.1. The van der Waals surface area contributed by atoms with E-state index in [9.17, 15) is 0 Å². The zero-order valence-corrected chi connectivity index (χ0v) is 17.0. The standard InChI is InChI=1S/C16H28N4S.HI/c1-4-12-7-6-8-13(9-12)20-16(17-3)18-10-14-11-21-15(5-2)19-14;/h11-13H,4-10H2,1-3H3,(H2,17,18,20);1H. The maximum atomic E-state index is 4.58. The summed E-state index contributed by atoms with van der Waals surface area (Å²) in [7, 11) is 1.84. The van der Waals surface area contributed by atoms with Crippen LogP contribution in [0.4, 0.5) is 0 Å². The number of nitrogens with one attached hydrogen (secondary N) is 2. The summed E-state index contributed by atoms with van der Waals surface area (Å²) in [6, 6.07) is 0.566. The van der Waals surface area contributed by atoms with Crippen molar-refractivity contribution in [3.8, 4) is 0 Å². The van der Waals surface area contributed by atoms with E-state index in [-0.39, 0.29) is 24.0 Å². The van der Waals surface area contributed by atoms with Crippen LogP contribution in [0.15, 0.2) is 10.4 Å². The molecule has 0 aromatic carbocycles. The van der Waals surface area contributed by atoms with E-state index in [2.05, 4.69) is 39.8 Å². The maximum Gasteiger partial charge on any atom is 0.191 e. The molecule has 1 heterocycles. The number of guanidine groups is 1. The van der Waals surface area contributed by atoms with E-state index >= 15 is 0 Å². The van der Waals surface area contributed by atoms with Crippen molar-refractivity contribution in [2.45, 2.75) is 65.0 Å².